The van der Waals surface area contributed by atoms with Crippen molar-refractivity contribution in [1.29, 1.82) is 0 Å². The highest BCUT2D eigenvalue weighted by molar-refractivity contribution is 5.94. The first-order chi connectivity index (χ1) is 10.7. The molecule has 1 N–H and O–H groups in total. The molecule has 0 atom stereocenters. The first-order valence-electron chi connectivity index (χ1n) is 6.85. The molecule has 0 bridgehead atoms. The zero-order valence-electron chi connectivity index (χ0n) is 12.1. The van der Waals surface area contributed by atoms with Crippen LogP contribution in [-0.4, -0.2) is 26.0 Å². The van der Waals surface area contributed by atoms with Crippen LogP contribution >= 0.6 is 0 Å². The Morgan fingerprint density at radius 2 is 2.23 bits per heavy atom. The van der Waals surface area contributed by atoms with Crippen molar-refractivity contribution in [2.24, 2.45) is 0 Å². The van der Waals surface area contributed by atoms with Crippen LogP contribution in [0.1, 0.15) is 27.3 Å². The number of aryl methyl sites for hydroxylation is 1. The van der Waals surface area contributed by atoms with E-state index in [4.69, 9.17) is 0 Å². The number of carbonyl (C=O) groups is 1. The van der Waals surface area contributed by atoms with Crippen molar-refractivity contribution < 1.29 is 9.42 Å². The normalized spacial score (nSPS) is 10.6. The summed E-state index contributed by atoms with van der Waals surface area (Å²) in [5.74, 6) is -0.162. The van der Waals surface area contributed by atoms with Crippen molar-refractivity contribution in [3.63, 3.8) is 0 Å². The molecule has 2 heterocycles. The number of nitrogens with zero attached hydrogens (tertiary/aromatic N) is 4. The van der Waals surface area contributed by atoms with Crippen LogP contribution in [0.15, 0.2) is 47.4 Å². The molecule has 0 aliphatic carbocycles. The lowest BCUT2D eigenvalue weighted by atomic mass is 10.1. The predicted molar refractivity (Wildman–Crippen MR) is 78.0 cm³/mol. The molecular weight excluding hydrogens is 282 g/mol. The Balaban J connectivity index is 1.66. The molecule has 0 radical (unpaired) electrons. The van der Waals surface area contributed by atoms with Crippen molar-refractivity contribution in [1.82, 2.24) is 25.4 Å². The summed E-state index contributed by atoms with van der Waals surface area (Å²) in [7, 11) is 0. The number of rotatable bonds is 5. The number of hydrogen-bond donors (Lipinski definition) is 1. The fourth-order valence-electron chi connectivity index (χ4n) is 2.07. The Labute approximate surface area is 126 Å². The Bertz CT molecular complexity index is 764. The molecule has 0 saturated carbocycles. The van der Waals surface area contributed by atoms with E-state index in [2.05, 4.69) is 25.4 Å². The van der Waals surface area contributed by atoms with Gasteiger partial charge in [0.05, 0.1) is 13.1 Å². The van der Waals surface area contributed by atoms with Crippen molar-refractivity contribution in [2.75, 3.05) is 0 Å². The summed E-state index contributed by atoms with van der Waals surface area (Å²) < 4.78 is 6.41. The minimum Gasteiger partial charge on any atom is -0.346 e. The third-order valence-corrected chi connectivity index (χ3v) is 3.26. The number of hydrogen-bond acceptors (Lipinski definition) is 5. The third kappa shape index (κ3) is 3.20. The summed E-state index contributed by atoms with van der Waals surface area (Å²) in [4.78, 5) is 12.2. The highest BCUT2D eigenvalue weighted by Gasteiger charge is 2.10. The van der Waals surface area contributed by atoms with Gasteiger partial charge in [-0.25, -0.2) is 4.63 Å². The number of aromatic nitrogens is 4. The molecule has 3 aromatic rings. The second-order valence-corrected chi connectivity index (χ2v) is 4.88. The van der Waals surface area contributed by atoms with Gasteiger partial charge in [-0.1, -0.05) is 22.4 Å². The van der Waals surface area contributed by atoms with E-state index in [1.807, 2.05) is 30.5 Å². The lowest BCUT2D eigenvalue weighted by Crippen LogP contribution is -2.23. The molecule has 2 aromatic heterocycles. The summed E-state index contributed by atoms with van der Waals surface area (Å²) in [6, 6.07) is 9.31. The quantitative estimate of drug-likeness (QED) is 0.772. The molecular formula is C15H15N5O2. The Morgan fingerprint density at radius 1 is 1.32 bits per heavy atom. The lowest BCUT2D eigenvalue weighted by Gasteiger charge is -2.06. The van der Waals surface area contributed by atoms with E-state index in [0.29, 0.717) is 23.5 Å². The Kier molecular flexibility index (Phi) is 3.95. The SMILES string of the molecule is Cc1nonc1CNC(=O)c1cccc(Cn2cccn2)c1. The first-order valence-corrected chi connectivity index (χ1v) is 6.85. The van der Waals surface area contributed by atoms with E-state index >= 15 is 0 Å². The Hall–Kier alpha value is -2.96. The molecule has 1 amide bonds. The molecule has 7 heteroatoms. The van der Waals surface area contributed by atoms with Gasteiger partial charge in [-0.15, -0.1) is 0 Å². The van der Waals surface area contributed by atoms with Crippen LogP contribution in [0.2, 0.25) is 0 Å². The van der Waals surface area contributed by atoms with Crippen LogP contribution in [0.4, 0.5) is 0 Å². The molecule has 0 unspecified atom stereocenters. The van der Waals surface area contributed by atoms with E-state index in [0.717, 1.165) is 5.56 Å². The Morgan fingerprint density at radius 3 is 2.95 bits per heavy atom. The maximum Gasteiger partial charge on any atom is 0.251 e. The average Bonchev–Trinajstić information content (AvgIpc) is 3.17. The van der Waals surface area contributed by atoms with E-state index < -0.39 is 0 Å². The van der Waals surface area contributed by atoms with Gasteiger partial charge in [0.15, 0.2) is 0 Å². The van der Waals surface area contributed by atoms with E-state index in [1.54, 1.807) is 23.9 Å². The van der Waals surface area contributed by atoms with Gasteiger partial charge in [-0.3, -0.25) is 9.48 Å². The second-order valence-electron chi connectivity index (χ2n) is 4.88. The maximum atomic E-state index is 12.2. The molecule has 3 rings (SSSR count). The highest BCUT2D eigenvalue weighted by atomic mass is 16.6. The molecule has 0 saturated heterocycles. The molecule has 112 valence electrons. The smallest absolute Gasteiger partial charge is 0.251 e. The van der Waals surface area contributed by atoms with Gasteiger partial charge in [0.2, 0.25) is 0 Å². The monoisotopic (exact) mass is 297 g/mol. The standard InChI is InChI=1S/C15H15N5O2/c1-11-14(19-22-18-11)9-16-15(21)13-5-2-4-12(8-13)10-20-7-3-6-17-20/h2-8H,9-10H2,1H3,(H,16,21). The molecule has 22 heavy (non-hydrogen) atoms. The summed E-state index contributed by atoms with van der Waals surface area (Å²) in [6.45, 7) is 2.70. The van der Waals surface area contributed by atoms with E-state index in [-0.39, 0.29) is 12.5 Å². The van der Waals surface area contributed by atoms with Gasteiger partial charge in [-0.05, 0) is 30.7 Å². The highest BCUT2D eigenvalue weighted by Crippen LogP contribution is 2.08. The number of carbonyl (C=O) groups excluding carboxylic acids is 1. The average molecular weight is 297 g/mol. The topological polar surface area (TPSA) is 85.8 Å². The number of nitrogens with one attached hydrogen (secondary N) is 1. The van der Waals surface area contributed by atoms with Gasteiger partial charge < -0.3 is 5.32 Å². The van der Waals surface area contributed by atoms with Crippen LogP contribution in [-0.2, 0) is 13.1 Å². The zero-order chi connectivity index (χ0) is 15.4. The summed E-state index contributed by atoms with van der Waals surface area (Å²) in [6.07, 6.45) is 3.61. The van der Waals surface area contributed by atoms with Gasteiger partial charge >= 0.3 is 0 Å². The molecule has 7 nitrogen and oxygen atoms in total. The lowest BCUT2D eigenvalue weighted by molar-refractivity contribution is 0.0950. The van der Waals surface area contributed by atoms with Crippen LogP contribution in [0.3, 0.4) is 0 Å². The number of amides is 1. The summed E-state index contributed by atoms with van der Waals surface area (Å²) in [5, 5.41) is 14.4. The molecule has 0 fully saturated rings. The second kappa shape index (κ2) is 6.21. The van der Waals surface area contributed by atoms with Crippen LogP contribution in [0.25, 0.3) is 0 Å². The van der Waals surface area contributed by atoms with E-state index in [1.165, 1.54) is 0 Å². The minimum absolute atomic E-state index is 0.162. The molecule has 1 aromatic carbocycles. The largest absolute Gasteiger partial charge is 0.346 e. The molecule has 0 aliphatic rings. The van der Waals surface area contributed by atoms with Crippen molar-refractivity contribution in [3.8, 4) is 0 Å². The van der Waals surface area contributed by atoms with Crippen LogP contribution in [0.5, 0.6) is 0 Å². The van der Waals surface area contributed by atoms with Crippen molar-refractivity contribution in [2.45, 2.75) is 20.0 Å². The van der Waals surface area contributed by atoms with Gasteiger partial charge in [0.1, 0.15) is 11.4 Å². The van der Waals surface area contributed by atoms with Crippen molar-refractivity contribution >= 4 is 5.91 Å². The predicted octanol–water partition coefficient (Wildman–Crippen LogP) is 1.55. The van der Waals surface area contributed by atoms with Crippen LogP contribution in [0, 0.1) is 6.92 Å². The maximum absolute atomic E-state index is 12.2. The fourth-order valence-corrected chi connectivity index (χ4v) is 2.07. The van der Waals surface area contributed by atoms with Gasteiger partial charge in [-0.2, -0.15) is 5.10 Å². The zero-order valence-corrected chi connectivity index (χ0v) is 12.1. The number of benzene rings is 1. The van der Waals surface area contributed by atoms with Gasteiger partial charge in [0.25, 0.3) is 5.91 Å². The fraction of sp³-hybridized carbons (Fsp3) is 0.200. The van der Waals surface area contributed by atoms with Gasteiger partial charge in [0, 0.05) is 18.0 Å². The van der Waals surface area contributed by atoms with Crippen molar-refractivity contribution in [3.05, 3.63) is 65.2 Å². The molecule has 0 aliphatic heterocycles. The van der Waals surface area contributed by atoms with E-state index in [9.17, 15) is 4.79 Å². The summed E-state index contributed by atoms with van der Waals surface area (Å²) >= 11 is 0. The summed E-state index contributed by atoms with van der Waals surface area (Å²) in [5.41, 5.74) is 2.91. The van der Waals surface area contributed by atoms with Crippen LogP contribution < -0.4 is 5.32 Å². The first kappa shape index (κ1) is 14.0. The minimum atomic E-state index is -0.162. The third-order valence-electron chi connectivity index (χ3n) is 3.26. The molecule has 0 spiro atoms.